The Morgan fingerprint density at radius 3 is 2.83 bits per heavy atom. The van der Waals surface area contributed by atoms with Gasteiger partial charge in [0.05, 0.1) is 17.7 Å². The first-order chi connectivity index (χ1) is 11.0. The second-order valence-electron chi connectivity index (χ2n) is 6.02. The van der Waals surface area contributed by atoms with Gasteiger partial charge in [-0.2, -0.15) is 0 Å². The van der Waals surface area contributed by atoms with Crippen LogP contribution in [0.1, 0.15) is 36.3 Å². The van der Waals surface area contributed by atoms with Crippen LogP contribution in [-0.2, 0) is 4.74 Å². The number of hydrogen-bond acceptors (Lipinski definition) is 3. The minimum atomic E-state index is -0.361. The number of halogens is 1. The Morgan fingerprint density at radius 1 is 1.30 bits per heavy atom. The van der Waals surface area contributed by atoms with Crippen molar-refractivity contribution in [2.24, 2.45) is 5.92 Å². The Hall–Kier alpha value is -2.01. The molecule has 0 unspecified atom stereocenters. The van der Waals surface area contributed by atoms with Gasteiger partial charge in [0, 0.05) is 30.3 Å². The fourth-order valence-corrected chi connectivity index (χ4v) is 2.27. The first-order valence-corrected chi connectivity index (χ1v) is 7.90. The van der Waals surface area contributed by atoms with Crippen molar-refractivity contribution in [2.45, 2.75) is 27.2 Å². The Balaban J connectivity index is 1.98. The van der Waals surface area contributed by atoms with E-state index in [9.17, 15) is 9.18 Å². The third kappa shape index (κ3) is 4.99. The predicted molar refractivity (Wildman–Crippen MR) is 89.0 cm³/mol. The number of benzene rings is 1. The number of ether oxygens (including phenoxy) is 1. The second-order valence-corrected chi connectivity index (χ2v) is 6.02. The van der Waals surface area contributed by atoms with Crippen LogP contribution in [0.15, 0.2) is 24.3 Å². The number of hydrogen-bond donors (Lipinski definition) is 1. The molecule has 1 N–H and O–H groups in total. The highest BCUT2D eigenvalue weighted by Crippen LogP contribution is 2.19. The first kappa shape index (κ1) is 17.3. The fourth-order valence-electron chi connectivity index (χ4n) is 2.27. The first-order valence-electron chi connectivity index (χ1n) is 7.90. The van der Waals surface area contributed by atoms with E-state index in [4.69, 9.17) is 4.74 Å². The molecule has 0 saturated carbocycles. The van der Waals surface area contributed by atoms with Crippen molar-refractivity contribution < 1.29 is 13.9 Å². The van der Waals surface area contributed by atoms with Crippen LogP contribution in [0.2, 0.25) is 0 Å². The summed E-state index contributed by atoms with van der Waals surface area (Å²) in [7, 11) is 0. The molecule has 1 aromatic carbocycles. The van der Waals surface area contributed by atoms with Gasteiger partial charge in [0.15, 0.2) is 0 Å². The largest absolute Gasteiger partial charge is 0.380 e. The molecule has 0 saturated heterocycles. The Labute approximate surface area is 136 Å². The van der Waals surface area contributed by atoms with E-state index in [0.717, 1.165) is 6.42 Å². The topological polar surface area (TPSA) is 51.2 Å². The van der Waals surface area contributed by atoms with E-state index in [-0.39, 0.29) is 11.7 Å². The summed E-state index contributed by atoms with van der Waals surface area (Å²) in [5.41, 5.74) is 1.68. The molecule has 124 valence electrons. The lowest BCUT2D eigenvalue weighted by Gasteiger charge is -2.10. The average molecular weight is 318 g/mol. The summed E-state index contributed by atoms with van der Waals surface area (Å²) in [4.78, 5) is 16.6. The second kappa shape index (κ2) is 8.02. The summed E-state index contributed by atoms with van der Waals surface area (Å²) in [6, 6.07) is 5.99. The highest BCUT2D eigenvalue weighted by molar-refractivity contribution is 6.06. The molecule has 0 aliphatic rings. The number of pyridine rings is 1. The van der Waals surface area contributed by atoms with E-state index >= 15 is 0 Å². The van der Waals surface area contributed by atoms with Gasteiger partial charge in [0.1, 0.15) is 5.82 Å². The number of amides is 1. The maximum absolute atomic E-state index is 13.3. The molecule has 2 rings (SSSR count). The summed E-state index contributed by atoms with van der Waals surface area (Å²) in [5.74, 6) is 0.0521. The van der Waals surface area contributed by atoms with Gasteiger partial charge < -0.3 is 10.1 Å². The average Bonchev–Trinajstić information content (AvgIpc) is 2.48. The van der Waals surface area contributed by atoms with E-state index in [0.29, 0.717) is 47.8 Å². The van der Waals surface area contributed by atoms with Crippen LogP contribution in [0.4, 0.5) is 4.39 Å². The van der Waals surface area contributed by atoms with Gasteiger partial charge >= 0.3 is 0 Å². The summed E-state index contributed by atoms with van der Waals surface area (Å²) >= 11 is 0. The third-order valence-electron chi connectivity index (χ3n) is 3.52. The van der Waals surface area contributed by atoms with Gasteiger partial charge in [-0.15, -0.1) is 0 Å². The maximum atomic E-state index is 13.3. The molecule has 0 fully saturated rings. The normalized spacial score (nSPS) is 11.2. The van der Waals surface area contributed by atoms with Gasteiger partial charge in [-0.1, -0.05) is 13.8 Å². The van der Waals surface area contributed by atoms with Crippen LogP contribution in [-0.4, -0.2) is 30.6 Å². The molecule has 23 heavy (non-hydrogen) atoms. The van der Waals surface area contributed by atoms with E-state index in [2.05, 4.69) is 24.1 Å². The minimum Gasteiger partial charge on any atom is -0.380 e. The van der Waals surface area contributed by atoms with E-state index in [1.54, 1.807) is 19.1 Å². The van der Waals surface area contributed by atoms with Crippen molar-refractivity contribution in [2.75, 3.05) is 19.8 Å². The summed E-state index contributed by atoms with van der Waals surface area (Å²) in [5, 5.41) is 3.48. The summed E-state index contributed by atoms with van der Waals surface area (Å²) < 4.78 is 18.8. The van der Waals surface area contributed by atoms with Gasteiger partial charge in [-0.25, -0.2) is 4.39 Å². The molecule has 0 aliphatic heterocycles. The molecule has 0 spiro atoms. The number of aryl methyl sites for hydroxylation is 1. The van der Waals surface area contributed by atoms with Gasteiger partial charge in [-0.3, -0.25) is 9.78 Å². The lowest BCUT2D eigenvalue weighted by Crippen LogP contribution is -2.27. The lowest BCUT2D eigenvalue weighted by atomic mass is 10.1. The third-order valence-corrected chi connectivity index (χ3v) is 3.52. The van der Waals surface area contributed by atoms with Crippen LogP contribution in [0.3, 0.4) is 0 Å². The smallest absolute Gasteiger partial charge is 0.252 e. The maximum Gasteiger partial charge on any atom is 0.252 e. The molecule has 2 aromatic rings. The summed E-state index contributed by atoms with van der Waals surface area (Å²) in [6.07, 6.45) is 1.01. The van der Waals surface area contributed by atoms with Crippen LogP contribution in [0.5, 0.6) is 0 Å². The highest BCUT2D eigenvalue weighted by Gasteiger charge is 2.12. The molecule has 0 radical (unpaired) electrons. The number of rotatable bonds is 7. The van der Waals surface area contributed by atoms with E-state index < -0.39 is 0 Å². The number of nitrogens with zero attached hydrogens (tertiary/aromatic N) is 1. The minimum absolute atomic E-state index is 0.195. The number of nitrogens with one attached hydrogen (secondary N) is 1. The molecule has 1 amide bonds. The van der Waals surface area contributed by atoms with Crippen LogP contribution >= 0.6 is 0 Å². The number of fused-ring (bicyclic) bond motifs is 1. The van der Waals surface area contributed by atoms with Crippen molar-refractivity contribution in [3.63, 3.8) is 0 Å². The molecule has 0 atom stereocenters. The number of carbonyl (C=O) groups excluding carboxylic acids is 1. The number of carbonyl (C=O) groups is 1. The molecule has 4 nitrogen and oxygen atoms in total. The Bertz CT molecular complexity index is 681. The monoisotopic (exact) mass is 318 g/mol. The van der Waals surface area contributed by atoms with Gasteiger partial charge in [0.2, 0.25) is 0 Å². The molecule has 1 heterocycles. The van der Waals surface area contributed by atoms with Gasteiger partial charge in [0.25, 0.3) is 5.91 Å². The molecule has 5 heteroatoms. The van der Waals surface area contributed by atoms with Gasteiger partial charge in [-0.05, 0) is 37.5 Å². The zero-order valence-electron chi connectivity index (χ0n) is 13.9. The van der Waals surface area contributed by atoms with Crippen molar-refractivity contribution in [3.05, 3.63) is 41.3 Å². The quantitative estimate of drug-likeness (QED) is 0.795. The van der Waals surface area contributed by atoms with Crippen LogP contribution in [0.25, 0.3) is 10.9 Å². The molecule has 0 aliphatic carbocycles. The predicted octanol–water partition coefficient (Wildman–Crippen LogP) is 3.47. The zero-order valence-corrected chi connectivity index (χ0v) is 13.9. The van der Waals surface area contributed by atoms with Crippen molar-refractivity contribution in [1.29, 1.82) is 0 Å². The standard InChI is InChI=1S/C18H23FN2O2/c1-12(2)6-8-23-9-7-20-18(22)16-10-13(3)21-17-11-14(19)4-5-15(16)17/h4-5,10-12H,6-9H2,1-3H3,(H,20,22). The Morgan fingerprint density at radius 2 is 2.09 bits per heavy atom. The van der Waals surface area contributed by atoms with Crippen LogP contribution < -0.4 is 5.32 Å². The van der Waals surface area contributed by atoms with Crippen molar-refractivity contribution >= 4 is 16.8 Å². The van der Waals surface area contributed by atoms with Crippen LogP contribution in [0, 0.1) is 18.7 Å². The molecule has 0 bridgehead atoms. The van der Waals surface area contributed by atoms with E-state index in [1.165, 1.54) is 12.1 Å². The molecular formula is C18H23FN2O2. The lowest BCUT2D eigenvalue weighted by molar-refractivity contribution is 0.0907. The Kier molecular flexibility index (Phi) is 6.04. The zero-order chi connectivity index (χ0) is 16.8. The molecule has 1 aromatic heterocycles. The summed E-state index contributed by atoms with van der Waals surface area (Å²) in [6.45, 7) is 7.70. The SMILES string of the molecule is Cc1cc(C(=O)NCCOCCC(C)C)c2ccc(F)cc2n1. The van der Waals surface area contributed by atoms with E-state index in [1.807, 2.05) is 0 Å². The number of aromatic nitrogens is 1. The molecular weight excluding hydrogens is 295 g/mol. The van der Waals surface area contributed by atoms with Crippen molar-refractivity contribution in [1.82, 2.24) is 10.3 Å². The fraction of sp³-hybridized carbons (Fsp3) is 0.444. The van der Waals surface area contributed by atoms with Crippen molar-refractivity contribution in [3.8, 4) is 0 Å². The highest BCUT2D eigenvalue weighted by atomic mass is 19.1.